The summed E-state index contributed by atoms with van der Waals surface area (Å²) in [6.07, 6.45) is 5.57. The second-order valence-corrected chi connectivity index (χ2v) is 4.46. The van der Waals surface area contributed by atoms with Crippen molar-refractivity contribution in [3.05, 3.63) is 18.1 Å². The molecule has 0 aromatic carbocycles. The summed E-state index contributed by atoms with van der Waals surface area (Å²) in [6, 6.07) is 0. The van der Waals surface area contributed by atoms with Crippen molar-refractivity contribution in [2.75, 3.05) is 31.7 Å². The Kier molecular flexibility index (Phi) is 4.28. The minimum absolute atomic E-state index is 0.0586. The summed E-state index contributed by atoms with van der Waals surface area (Å²) < 4.78 is 5.34. The van der Waals surface area contributed by atoms with Crippen molar-refractivity contribution in [1.29, 1.82) is 0 Å². The third-order valence-electron chi connectivity index (χ3n) is 3.12. The van der Waals surface area contributed by atoms with E-state index in [0.717, 1.165) is 38.4 Å². The van der Waals surface area contributed by atoms with Crippen molar-refractivity contribution in [1.82, 2.24) is 9.97 Å². The van der Waals surface area contributed by atoms with Crippen LogP contribution in [0.2, 0.25) is 0 Å². The van der Waals surface area contributed by atoms with E-state index in [1.165, 1.54) is 0 Å². The maximum atomic E-state index is 8.90. The number of rotatable bonds is 4. The van der Waals surface area contributed by atoms with Gasteiger partial charge in [0.2, 0.25) is 0 Å². The Labute approximate surface area is 101 Å². The molecule has 94 valence electrons. The molecular formula is C12H19N3O2. The van der Waals surface area contributed by atoms with Gasteiger partial charge in [-0.1, -0.05) is 0 Å². The molecule has 0 unspecified atom stereocenters. The molecule has 1 aliphatic heterocycles. The second-order valence-electron chi connectivity index (χ2n) is 4.46. The fourth-order valence-electron chi connectivity index (χ4n) is 2.04. The van der Waals surface area contributed by atoms with Crippen LogP contribution >= 0.6 is 0 Å². The van der Waals surface area contributed by atoms with Gasteiger partial charge < -0.3 is 14.7 Å². The first-order chi connectivity index (χ1) is 8.29. The molecule has 1 saturated heterocycles. The Bertz CT molecular complexity index is 336. The van der Waals surface area contributed by atoms with Gasteiger partial charge in [-0.25, -0.2) is 4.98 Å². The monoisotopic (exact) mass is 237 g/mol. The van der Waals surface area contributed by atoms with Gasteiger partial charge in [-0.3, -0.25) is 4.98 Å². The maximum Gasteiger partial charge on any atom is 0.146 e. The Morgan fingerprint density at radius 1 is 1.35 bits per heavy atom. The van der Waals surface area contributed by atoms with Gasteiger partial charge in [-0.2, -0.15) is 0 Å². The van der Waals surface area contributed by atoms with Crippen LogP contribution < -0.4 is 4.90 Å². The van der Waals surface area contributed by atoms with Crippen molar-refractivity contribution in [2.24, 2.45) is 5.92 Å². The largest absolute Gasteiger partial charge is 0.390 e. The van der Waals surface area contributed by atoms with E-state index in [1.54, 1.807) is 12.4 Å². The summed E-state index contributed by atoms with van der Waals surface area (Å²) in [5.74, 6) is 1.53. The van der Waals surface area contributed by atoms with E-state index in [4.69, 9.17) is 9.84 Å². The Morgan fingerprint density at radius 3 is 2.71 bits per heavy atom. The highest BCUT2D eigenvalue weighted by molar-refractivity contribution is 5.34. The van der Waals surface area contributed by atoms with Gasteiger partial charge in [0.25, 0.3) is 0 Å². The van der Waals surface area contributed by atoms with Gasteiger partial charge in [-0.05, 0) is 18.8 Å². The molecule has 1 N–H and O–H groups in total. The third-order valence-corrected chi connectivity index (χ3v) is 3.12. The van der Waals surface area contributed by atoms with E-state index in [1.807, 2.05) is 7.05 Å². The SMILES string of the molecule is CN(CC1CCOCC1)c1cnc(CO)cn1. The minimum Gasteiger partial charge on any atom is -0.390 e. The highest BCUT2D eigenvalue weighted by atomic mass is 16.5. The molecule has 2 rings (SSSR count). The van der Waals surface area contributed by atoms with E-state index in [2.05, 4.69) is 14.9 Å². The molecule has 0 bridgehead atoms. The van der Waals surface area contributed by atoms with Crippen LogP contribution in [0.25, 0.3) is 0 Å². The van der Waals surface area contributed by atoms with Crippen LogP contribution in [0.4, 0.5) is 5.82 Å². The summed E-state index contributed by atoms with van der Waals surface area (Å²) in [4.78, 5) is 10.5. The summed E-state index contributed by atoms with van der Waals surface area (Å²) in [5, 5.41) is 8.90. The molecular weight excluding hydrogens is 218 g/mol. The number of aromatic nitrogens is 2. The average molecular weight is 237 g/mol. The summed E-state index contributed by atoms with van der Waals surface area (Å²) in [7, 11) is 2.03. The van der Waals surface area contributed by atoms with Crippen LogP contribution in [0.5, 0.6) is 0 Å². The molecule has 0 saturated carbocycles. The summed E-state index contributed by atoms with van der Waals surface area (Å²) >= 11 is 0. The van der Waals surface area contributed by atoms with Crippen molar-refractivity contribution in [3.8, 4) is 0 Å². The smallest absolute Gasteiger partial charge is 0.146 e. The Balaban J connectivity index is 1.91. The zero-order chi connectivity index (χ0) is 12.1. The summed E-state index contributed by atoms with van der Waals surface area (Å²) in [5.41, 5.74) is 0.605. The average Bonchev–Trinajstić information content (AvgIpc) is 2.40. The molecule has 1 fully saturated rings. The first kappa shape index (κ1) is 12.3. The van der Waals surface area contributed by atoms with Gasteiger partial charge >= 0.3 is 0 Å². The van der Waals surface area contributed by atoms with E-state index in [9.17, 15) is 0 Å². The van der Waals surface area contributed by atoms with Gasteiger partial charge in [0.05, 0.1) is 24.7 Å². The molecule has 2 heterocycles. The standard InChI is InChI=1S/C12H19N3O2/c1-15(8-10-2-4-17-5-3-10)12-7-13-11(9-16)6-14-12/h6-7,10,16H,2-5,8-9H2,1H3. The van der Waals surface area contributed by atoms with Crippen LogP contribution in [-0.2, 0) is 11.3 Å². The second kappa shape index (κ2) is 5.93. The molecule has 0 atom stereocenters. The molecule has 0 amide bonds. The maximum absolute atomic E-state index is 8.90. The Hall–Kier alpha value is -1.20. The zero-order valence-corrected chi connectivity index (χ0v) is 10.2. The molecule has 0 radical (unpaired) electrons. The molecule has 5 heteroatoms. The Morgan fingerprint density at radius 2 is 2.12 bits per heavy atom. The molecule has 1 aromatic rings. The predicted molar refractivity (Wildman–Crippen MR) is 64.8 cm³/mol. The van der Waals surface area contributed by atoms with Crippen LogP contribution in [0, 0.1) is 5.92 Å². The van der Waals surface area contributed by atoms with Crippen LogP contribution in [0.3, 0.4) is 0 Å². The van der Waals surface area contributed by atoms with Crippen molar-refractivity contribution in [3.63, 3.8) is 0 Å². The lowest BCUT2D eigenvalue weighted by Crippen LogP contribution is -2.30. The quantitative estimate of drug-likeness (QED) is 0.840. The van der Waals surface area contributed by atoms with Gasteiger partial charge in [0.15, 0.2) is 0 Å². The zero-order valence-electron chi connectivity index (χ0n) is 10.2. The number of hydrogen-bond acceptors (Lipinski definition) is 5. The molecule has 5 nitrogen and oxygen atoms in total. The lowest BCUT2D eigenvalue weighted by molar-refractivity contribution is 0.0685. The van der Waals surface area contributed by atoms with E-state index < -0.39 is 0 Å². The van der Waals surface area contributed by atoms with Crippen LogP contribution in [0.15, 0.2) is 12.4 Å². The van der Waals surface area contributed by atoms with Gasteiger partial charge in [0, 0.05) is 26.8 Å². The molecule has 0 aliphatic carbocycles. The lowest BCUT2D eigenvalue weighted by Gasteiger charge is -2.27. The lowest BCUT2D eigenvalue weighted by atomic mass is 10.00. The van der Waals surface area contributed by atoms with E-state index in [-0.39, 0.29) is 6.61 Å². The van der Waals surface area contributed by atoms with E-state index >= 15 is 0 Å². The number of aliphatic hydroxyl groups excluding tert-OH is 1. The molecule has 1 aromatic heterocycles. The van der Waals surface area contributed by atoms with Crippen LogP contribution in [0.1, 0.15) is 18.5 Å². The minimum atomic E-state index is -0.0586. The molecule has 17 heavy (non-hydrogen) atoms. The fraction of sp³-hybridized carbons (Fsp3) is 0.667. The number of nitrogens with zero attached hydrogens (tertiary/aromatic N) is 3. The van der Waals surface area contributed by atoms with Crippen molar-refractivity contribution in [2.45, 2.75) is 19.4 Å². The topological polar surface area (TPSA) is 58.5 Å². The fourth-order valence-corrected chi connectivity index (χ4v) is 2.04. The molecule has 1 aliphatic rings. The first-order valence-corrected chi connectivity index (χ1v) is 6.00. The number of ether oxygens (including phenoxy) is 1. The molecule has 0 spiro atoms. The number of hydrogen-bond donors (Lipinski definition) is 1. The van der Waals surface area contributed by atoms with Crippen LogP contribution in [-0.4, -0.2) is 41.9 Å². The number of aliphatic hydroxyl groups is 1. The van der Waals surface area contributed by atoms with Crippen molar-refractivity contribution < 1.29 is 9.84 Å². The first-order valence-electron chi connectivity index (χ1n) is 6.00. The highest BCUT2D eigenvalue weighted by Crippen LogP contribution is 2.18. The van der Waals surface area contributed by atoms with Gasteiger partial charge in [0.1, 0.15) is 5.82 Å². The highest BCUT2D eigenvalue weighted by Gasteiger charge is 2.16. The van der Waals surface area contributed by atoms with Crippen molar-refractivity contribution >= 4 is 5.82 Å². The third kappa shape index (κ3) is 3.38. The number of anilines is 1. The normalized spacial score (nSPS) is 17.1. The van der Waals surface area contributed by atoms with Gasteiger partial charge in [-0.15, -0.1) is 0 Å². The predicted octanol–water partition coefficient (Wildman–Crippen LogP) is 0.832. The van der Waals surface area contributed by atoms with E-state index in [0.29, 0.717) is 11.6 Å². The summed E-state index contributed by atoms with van der Waals surface area (Å²) in [6.45, 7) is 2.66.